The van der Waals surface area contributed by atoms with Gasteiger partial charge in [0.15, 0.2) is 0 Å². The molecule has 1 aromatic rings. The van der Waals surface area contributed by atoms with Crippen LogP contribution in [0, 0.1) is 5.92 Å². The fraction of sp³-hybridized carbons (Fsp3) is 0.588. The van der Waals surface area contributed by atoms with Gasteiger partial charge in [0.25, 0.3) is 0 Å². The Kier molecular flexibility index (Phi) is 6.05. The van der Waals surface area contributed by atoms with Crippen LogP contribution in [0.5, 0.6) is 0 Å². The molecule has 4 nitrogen and oxygen atoms in total. The van der Waals surface area contributed by atoms with E-state index in [0.717, 1.165) is 32.4 Å². The molecule has 1 N–H and O–H groups in total. The van der Waals surface area contributed by atoms with Gasteiger partial charge in [-0.05, 0) is 37.7 Å². The summed E-state index contributed by atoms with van der Waals surface area (Å²) in [6.45, 7) is 4.42. The first kappa shape index (κ1) is 15.8. The number of urea groups is 1. The first-order chi connectivity index (χ1) is 10.2. The third kappa shape index (κ3) is 5.05. The lowest BCUT2D eigenvalue weighted by Gasteiger charge is -2.21. The van der Waals surface area contributed by atoms with E-state index in [1.165, 1.54) is 5.56 Å². The topological polar surface area (TPSA) is 41.6 Å². The number of hydrogen-bond acceptors (Lipinski definition) is 2. The van der Waals surface area contributed by atoms with Gasteiger partial charge in [0.05, 0.1) is 0 Å². The van der Waals surface area contributed by atoms with Gasteiger partial charge in [-0.1, -0.05) is 30.3 Å². The zero-order valence-electron chi connectivity index (χ0n) is 13.0. The van der Waals surface area contributed by atoms with Crippen LogP contribution in [0.15, 0.2) is 30.3 Å². The normalized spacial score (nSPS) is 19.5. The minimum absolute atomic E-state index is 0.0640. The van der Waals surface area contributed by atoms with Crippen molar-refractivity contribution in [3.8, 4) is 0 Å². The number of methoxy groups -OCH3 is 1. The molecule has 0 radical (unpaired) electrons. The number of nitrogens with one attached hydrogen (secondary N) is 1. The molecule has 1 aliphatic heterocycles. The molecule has 0 saturated carbocycles. The molecule has 1 aliphatic rings. The van der Waals surface area contributed by atoms with Gasteiger partial charge in [-0.3, -0.25) is 0 Å². The average Bonchev–Trinajstić information content (AvgIpc) is 2.95. The van der Waals surface area contributed by atoms with Crippen LogP contribution in [0.3, 0.4) is 0 Å². The number of likely N-dealkylation sites (tertiary alicyclic amines) is 1. The summed E-state index contributed by atoms with van der Waals surface area (Å²) in [5.74, 6) is 0.576. The van der Waals surface area contributed by atoms with Crippen molar-refractivity contribution in [1.29, 1.82) is 0 Å². The highest BCUT2D eigenvalue weighted by Gasteiger charge is 2.26. The number of ether oxygens (including phenoxy) is 1. The van der Waals surface area contributed by atoms with E-state index >= 15 is 0 Å². The van der Waals surface area contributed by atoms with Crippen LogP contribution in [0.2, 0.25) is 0 Å². The van der Waals surface area contributed by atoms with Gasteiger partial charge in [-0.2, -0.15) is 0 Å². The lowest BCUT2D eigenvalue weighted by atomic mass is 9.99. The predicted molar refractivity (Wildman–Crippen MR) is 84.3 cm³/mol. The fourth-order valence-electron chi connectivity index (χ4n) is 2.80. The third-order valence-corrected chi connectivity index (χ3v) is 4.07. The standard InChI is InChI=1S/C17H26N2O2/c1-14(9-11-21-2)18-17(20)19-10-8-16(13-19)12-15-6-4-3-5-7-15/h3-7,14,16H,8-13H2,1-2H3,(H,18,20)/t14-,16-/m0/s1. The third-order valence-electron chi connectivity index (χ3n) is 4.07. The van der Waals surface area contributed by atoms with Crippen molar-refractivity contribution in [3.63, 3.8) is 0 Å². The summed E-state index contributed by atoms with van der Waals surface area (Å²) in [4.78, 5) is 14.1. The van der Waals surface area contributed by atoms with E-state index in [-0.39, 0.29) is 12.1 Å². The molecule has 0 unspecified atom stereocenters. The second kappa shape index (κ2) is 8.03. The van der Waals surface area contributed by atoms with Crippen molar-refractivity contribution in [1.82, 2.24) is 10.2 Å². The highest BCUT2D eigenvalue weighted by molar-refractivity contribution is 5.74. The molecule has 2 amide bonds. The predicted octanol–water partition coefficient (Wildman–Crippen LogP) is 2.69. The second-order valence-corrected chi connectivity index (χ2v) is 5.92. The fourth-order valence-corrected chi connectivity index (χ4v) is 2.80. The quantitative estimate of drug-likeness (QED) is 0.875. The first-order valence-corrected chi connectivity index (χ1v) is 7.77. The number of rotatable bonds is 6. The molecule has 0 bridgehead atoms. The second-order valence-electron chi connectivity index (χ2n) is 5.92. The number of amides is 2. The molecule has 1 fully saturated rings. The Balaban J connectivity index is 1.75. The van der Waals surface area contributed by atoms with Gasteiger partial charge in [0.2, 0.25) is 0 Å². The van der Waals surface area contributed by atoms with Crippen LogP contribution >= 0.6 is 0 Å². The minimum Gasteiger partial charge on any atom is -0.385 e. The van der Waals surface area contributed by atoms with Gasteiger partial charge >= 0.3 is 6.03 Å². The molecule has 0 aliphatic carbocycles. The van der Waals surface area contributed by atoms with E-state index in [2.05, 4.69) is 29.6 Å². The summed E-state index contributed by atoms with van der Waals surface area (Å²) >= 11 is 0. The van der Waals surface area contributed by atoms with Crippen molar-refractivity contribution in [2.75, 3.05) is 26.8 Å². The van der Waals surface area contributed by atoms with Crippen LogP contribution in [-0.2, 0) is 11.2 Å². The van der Waals surface area contributed by atoms with E-state index in [0.29, 0.717) is 12.5 Å². The summed E-state index contributed by atoms with van der Waals surface area (Å²) in [6, 6.07) is 10.7. The molecule has 2 atom stereocenters. The molecule has 0 spiro atoms. The van der Waals surface area contributed by atoms with E-state index in [1.54, 1.807) is 7.11 Å². The van der Waals surface area contributed by atoms with Crippen molar-refractivity contribution in [2.45, 2.75) is 32.2 Å². The molecule has 0 aromatic heterocycles. The molecule has 4 heteroatoms. The number of carbonyl (C=O) groups is 1. The van der Waals surface area contributed by atoms with Crippen molar-refractivity contribution in [2.24, 2.45) is 5.92 Å². The summed E-state index contributed by atoms with van der Waals surface area (Å²) in [6.07, 6.45) is 3.00. The minimum atomic E-state index is 0.0640. The number of carbonyl (C=O) groups excluding carboxylic acids is 1. The molecular formula is C17H26N2O2. The van der Waals surface area contributed by atoms with Crippen molar-refractivity contribution in [3.05, 3.63) is 35.9 Å². The molecule has 21 heavy (non-hydrogen) atoms. The van der Waals surface area contributed by atoms with Gasteiger partial charge in [0.1, 0.15) is 0 Å². The average molecular weight is 290 g/mol. The Morgan fingerprint density at radius 1 is 1.43 bits per heavy atom. The maximum absolute atomic E-state index is 12.2. The van der Waals surface area contributed by atoms with Crippen LogP contribution in [0.1, 0.15) is 25.3 Å². The van der Waals surface area contributed by atoms with Gasteiger partial charge in [0, 0.05) is 32.8 Å². The van der Waals surface area contributed by atoms with Crippen molar-refractivity contribution >= 4 is 6.03 Å². The number of hydrogen-bond donors (Lipinski definition) is 1. The van der Waals surface area contributed by atoms with Gasteiger partial charge < -0.3 is 15.0 Å². The van der Waals surface area contributed by atoms with Gasteiger partial charge in [-0.25, -0.2) is 4.79 Å². The monoisotopic (exact) mass is 290 g/mol. The van der Waals surface area contributed by atoms with E-state index in [4.69, 9.17) is 4.74 Å². The Hall–Kier alpha value is -1.55. The summed E-state index contributed by atoms with van der Waals surface area (Å²) in [5.41, 5.74) is 1.36. The summed E-state index contributed by atoms with van der Waals surface area (Å²) in [5, 5.41) is 3.05. The van der Waals surface area contributed by atoms with E-state index in [9.17, 15) is 4.79 Å². The molecule has 116 valence electrons. The maximum atomic E-state index is 12.2. The van der Waals surface area contributed by atoms with Crippen LogP contribution < -0.4 is 5.32 Å². The SMILES string of the molecule is COCC[C@H](C)NC(=O)N1CC[C@@H](Cc2ccccc2)C1. The smallest absolute Gasteiger partial charge is 0.317 e. The van der Waals surface area contributed by atoms with Crippen LogP contribution in [-0.4, -0.2) is 43.8 Å². The Bertz CT molecular complexity index is 436. The number of benzene rings is 1. The zero-order chi connectivity index (χ0) is 15.1. The molecular weight excluding hydrogens is 264 g/mol. The lowest BCUT2D eigenvalue weighted by molar-refractivity contribution is 0.177. The largest absolute Gasteiger partial charge is 0.385 e. The first-order valence-electron chi connectivity index (χ1n) is 7.77. The van der Waals surface area contributed by atoms with E-state index in [1.807, 2.05) is 17.9 Å². The van der Waals surface area contributed by atoms with Gasteiger partial charge in [-0.15, -0.1) is 0 Å². The maximum Gasteiger partial charge on any atom is 0.317 e. The molecule has 1 heterocycles. The van der Waals surface area contributed by atoms with Crippen molar-refractivity contribution < 1.29 is 9.53 Å². The Morgan fingerprint density at radius 2 is 2.19 bits per heavy atom. The molecule has 2 rings (SSSR count). The summed E-state index contributed by atoms with van der Waals surface area (Å²) in [7, 11) is 1.68. The van der Waals surface area contributed by atoms with E-state index < -0.39 is 0 Å². The highest BCUT2D eigenvalue weighted by atomic mass is 16.5. The molecule has 1 saturated heterocycles. The lowest BCUT2D eigenvalue weighted by Crippen LogP contribution is -2.43. The highest BCUT2D eigenvalue weighted by Crippen LogP contribution is 2.20. The number of nitrogens with zero attached hydrogens (tertiary/aromatic N) is 1. The molecule has 1 aromatic carbocycles. The Labute approximate surface area is 127 Å². The summed E-state index contributed by atoms with van der Waals surface area (Å²) < 4.78 is 5.04. The van der Waals surface area contributed by atoms with Crippen LogP contribution in [0.25, 0.3) is 0 Å². The zero-order valence-corrected chi connectivity index (χ0v) is 13.0. The van der Waals surface area contributed by atoms with Crippen LogP contribution in [0.4, 0.5) is 4.79 Å². The Morgan fingerprint density at radius 3 is 2.90 bits per heavy atom.